The summed E-state index contributed by atoms with van der Waals surface area (Å²) < 4.78 is 51.2. The summed E-state index contributed by atoms with van der Waals surface area (Å²) in [5.41, 5.74) is -0.304. The third-order valence-corrected chi connectivity index (χ3v) is 8.59. The van der Waals surface area contributed by atoms with Crippen LogP contribution in [0.15, 0.2) is 30.3 Å². The van der Waals surface area contributed by atoms with Gasteiger partial charge in [-0.15, -0.1) is 0 Å². The van der Waals surface area contributed by atoms with Gasteiger partial charge in [-0.25, -0.2) is 4.79 Å². The quantitative estimate of drug-likeness (QED) is 0.208. The number of aliphatic hydroxyl groups is 5. The molecule has 0 radical (unpaired) electrons. The highest BCUT2D eigenvalue weighted by Crippen LogP contribution is 2.50. The van der Waals surface area contributed by atoms with E-state index in [0.29, 0.717) is 50.5 Å². The van der Waals surface area contributed by atoms with Crippen LogP contribution in [-0.4, -0.2) is 115 Å². The molecule has 15 nitrogen and oxygen atoms in total. The molecule has 15 heteroatoms. The second kappa shape index (κ2) is 11.7. The van der Waals surface area contributed by atoms with E-state index in [0.717, 1.165) is 0 Å². The zero-order valence-corrected chi connectivity index (χ0v) is 24.7. The average molecular weight is 645 g/mol. The molecule has 7 rings (SSSR count). The molecule has 5 N–H and O–H groups in total. The molecule has 0 aliphatic carbocycles. The number of methoxy groups -OCH3 is 2. The van der Waals surface area contributed by atoms with Crippen molar-refractivity contribution in [3.8, 4) is 39.9 Å². The minimum Gasteiger partial charge on any atom is -0.493 e. The van der Waals surface area contributed by atoms with E-state index in [1.54, 1.807) is 30.3 Å². The smallest absolute Gasteiger partial charge is 0.339 e. The first-order valence-electron chi connectivity index (χ1n) is 14.4. The molecule has 3 aromatic rings. The van der Waals surface area contributed by atoms with Crippen molar-refractivity contribution in [2.45, 2.75) is 49.2 Å². The van der Waals surface area contributed by atoms with Crippen molar-refractivity contribution in [2.75, 3.05) is 40.8 Å². The Bertz CT molecular complexity index is 1680. The van der Waals surface area contributed by atoms with Gasteiger partial charge in [0.05, 0.1) is 39.6 Å². The average Bonchev–Trinajstić information content (AvgIpc) is 3.78. The van der Waals surface area contributed by atoms with Crippen molar-refractivity contribution >= 4 is 16.7 Å². The van der Waals surface area contributed by atoms with Gasteiger partial charge < -0.3 is 68.2 Å². The van der Waals surface area contributed by atoms with Crippen LogP contribution in [0.3, 0.4) is 0 Å². The highest BCUT2D eigenvalue weighted by molar-refractivity contribution is 6.14. The summed E-state index contributed by atoms with van der Waals surface area (Å²) >= 11 is 0. The van der Waals surface area contributed by atoms with Crippen LogP contribution in [0.25, 0.3) is 21.9 Å². The molecule has 3 aromatic carbocycles. The zero-order chi connectivity index (χ0) is 32.3. The molecule has 0 unspecified atom stereocenters. The number of carbonyl (C=O) groups is 1. The standard InChI is InChI=1S/C31H32O15/c1-38-19-6-14-15(7-20(19)39-2)26(16-8-40-28(36)23(16)22(14)13-3-4-18-21(5-13)44-12-43-18)45-30-27(31(37,10-32)11-42-30)46-29-25(35)24(34)17(33)9-41-29/h3-7,17,24-25,27,29-30,32-35,37H,8-12H2,1-2H3/t17-,24-,25-,27+,29+,30+,31-/m1/s1. The van der Waals surface area contributed by atoms with Crippen LogP contribution >= 0.6 is 0 Å². The molecule has 0 saturated carbocycles. The van der Waals surface area contributed by atoms with E-state index in [4.69, 9.17) is 42.6 Å². The van der Waals surface area contributed by atoms with Gasteiger partial charge in [-0.2, -0.15) is 0 Å². The maximum Gasteiger partial charge on any atom is 0.339 e. The lowest BCUT2D eigenvalue weighted by atomic mass is 9.89. The molecule has 4 aliphatic heterocycles. The first-order valence-corrected chi connectivity index (χ1v) is 14.4. The van der Waals surface area contributed by atoms with Crippen molar-refractivity contribution in [1.29, 1.82) is 0 Å². The molecule has 246 valence electrons. The molecule has 0 bridgehead atoms. The Morgan fingerprint density at radius 3 is 2.37 bits per heavy atom. The molecule has 0 aromatic heterocycles. The minimum atomic E-state index is -2.02. The number of carbonyl (C=O) groups excluding carboxylic acids is 1. The van der Waals surface area contributed by atoms with E-state index in [-0.39, 0.29) is 31.3 Å². The van der Waals surface area contributed by atoms with Crippen LogP contribution in [-0.2, 0) is 25.6 Å². The Morgan fingerprint density at radius 1 is 0.891 bits per heavy atom. The fraction of sp³-hybridized carbons (Fsp3) is 0.452. The SMILES string of the molecule is COc1cc2c(O[C@@H]3OC[C@](O)(CO)[C@H]3O[C@@H]3OC[C@@H](O)[C@@H](O)[C@H]3O)c3c(c(-c4ccc5c(c4)OCO5)c2cc1OC)C(=O)OC3. The lowest BCUT2D eigenvalue weighted by molar-refractivity contribution is -0.306. The largest absolute Gasteiger partial charge is 0.493 e. The summed E-state index contributed by atoms with van der Waals surface area (Å²) in [6.45, 7) is -1.72. The molecule has 0 amide bonds. The Hall–Kier alpha value is -3.93. The van der Waals surface area contributed by atoms with Crippen LogP contribution in [0.5, 0.6) is 28.7 Å². The van der Waals surface area contributed by atoms with Crippen LogP contribution < -0.4 is 23.7 Å². The van der Waals surface area contributed by atoms with Crippen LogP contribution in [0.4, 0.5) is 0 Å². The fourth-order valence-corrected chi connectivity index (χ4v) is 6.13. The number of hydrogen-bond acceptors (Lipinski definition) is 15. The summed E-state index contributed by atoms with van der Waals surface area (Å²) in [6.07, 6.45) is -9.06. The second-order valence-electron chi connectivity index (χ2n) is 11.3. The zero-order valence-electron chi connectivity index (χ0n) is 24.7. The number of cyclic esters (lactones) is 1. The van der Waals surface area contributed by atoms with Gasteiger partial charge in [0, 0.05) is 16.5 Å². The number of hydrogen-bond donors (Lipinski definition) is 5. The maximum atomic E-state index is 13.4. The van der Waals surface area contributed by atoms with Gasteiger partial charge in [-0.1, -0.05) is 6.07 Å². The number of rotatable bonds is 8. The molecule has 2 saturated heterocycles. The summed E-state index contributed by atoms with van der Waals surface area (Å²) in [6, 6.07) is 8.64. The van der Waals surface area contributed by atoms with Gasteiger partial charge in [-0.3, -0.25) is 0 Å². The van der Waals surface area contributed by atoms with Crippen LogP contribution in [0.2, 0.25) is 0 Å². The molecule has 2 fully saturated rings. The monoisotopic (exact) mass is 644 g/mol. The van der Waals surface area contributed by atoms with Gasteiger partial charge in [0.15, 0.2) is 35.4 Å². The predicted octanol–water partition coefficient (Wildman–Crippen LogP) is 0.206. The molecule has 4 heterocycles. The molecule has 7 atom stereocenters. The van der Waals surface area contributed by atoms with Gasteiger partial charge >= 0.3 is 5.97 Å². The predicted molar refractivity (Wildman–Crippen MR) is 153 cm³/mol. The summed E-state index contributed by atoms with van der Waals surface area (Å²) in [5.74, 6) is 1.30. The van der Waals surface area contributed by atoms with Gasteiger partial charge in [0.2, 0.25) is 13.1 Å². The molecule has 4 aliphatic rings. The van der Waals surface area contributed by atoms with Gasteiger partial charge in [0.1, 0.15) is 36.3 Å². The third-order valence-electron chi connectivity index (χ3n) is 8.59. The molecular formula is C31H32O15. The first-order chi connectivity index (χ1) is 22.2. The first kappa shape index (κ1) is 30.7. The maximum absolute atomic E-state index is 13.4. The van der Waals surface area contributed by atoms with Crippen molar-refractivity contribution in [1.82, 2.24) is 0 Å². The van der Waals surface area contributed by atoms with Crippen LogP contribution in [0, 0.1) is 0 Å². The van der Waals surface area contributed by atoms with E-state index in [1.165, 1.54) is 14.2 Å². The van der Waals surface area contributed by atoms with Crippen molar-refractivity contribution in [2.24, 2.45) is 0 Å². The minimum absolute atomic E-state index is 0.0603. The van der Waals surface area contributed by atoms with E-state index >= 15 is 0 Å². The molecule has 0 spiro atoms. The summed E-state index contributed by atoms with van der Waals surface area (Å²) in [7, 11) is 2.94. The van der Waals surface area contributed by atoms with Crippen LogP contribution in [0.1, 0.15) is 15.9 Å². The van der Waals surface area contributed by atoms with E-state index in [1.807, 2.05) is 0 Å². The highest BCUT2D eigenvalue weighted by Gasteiger charge is 2.54. The summed E-state index contributed by atoms with van der Waals surface area (Å²) in [5, 5.41) is 52.9. The lowest BCUT2D eigenvalue weighted by Crippen LogP contribution is -2.58. The van der Waals surface area contributed by atoms with Gasteiger partial charge in [-0.05, 0) is 35.2 Å². The Labute approximate surface area is 261 Å². The summed E-state index contributed by atoms with van der Waals surface area (Å²) in [4.78, 5) is 13.4. The number of ether oxygens (including phenoxy) is 9. The Kier molecular flexibility index (Phi) is 7.81. The number of esters is 1. The second-order valence-corrected chi connectivity index (χ2v) is 11.3. The molecule has 46 heavy (non-hydrogen) atoms. The fourth-order valence-electron chi connectivity index (χ4n) is 6.13. The number of benzene rings is 3. The van der Waals surface area contributed by atoms with E-state index in [9.17, 15) is 30.3 Å². The van der Waals surface area contributed by atoms with Crippen molar-refractivity contribution < 1.29 is 73.0 Å². The normalized spacial score (nSPS) is 29.9. The lowest BCUT2D eigenvalue weighted by Gasteiger charge is -2.38. The van der Waals surface area contributed by atoms with Crippen molar-refractivity contribution in [3.05, 3.63) is 41.5 Å². The van der Waals surface area contributed by atoms with E-state index < -0.39 is 61.8 Å². The third kappa shape index (κ3) is 4.87. The number of fused-ring (bicyclic) bond motifs is 3. The van der Waals surface area contributed by atoms with Crippen molar-refractivity contribution in [3.63, 3.8) is 0 Å². The Morgan fingerprint density at radius 2 is 1.63 bits per heavy atom. The number of aliphatic hydroxyl groups excluding tert-OH is 4. The van der Waals surface area contributed by atoms with Gasteiger partial charge in [0.25, 0.3) is 0 Å². The Balaban J connectivity index is 1.37. The highest BCUT2D eigenvalue weighted by atomic mass is 16.8. The topological polar surface area (TPSA) is 201 Å². The molecular weight excluding hydrogens is 612 g/mol. The van der Waals surface area contributed by atoms with E-state index in [2.05, 4.69) is 0 Å².